The Kier molecular flexibility index (Phi) is 8.01. The van der Waals surface area contributed by atoms with Crippen molar-refractivity contribution in [1.29, 1.82) is 0 Å². The maximum Gasteiger partial charge on any atom is 0.251 e. The van der Waals surface area contributed by atoms with Gasteiger partial charge in [-0.1, -0.05) is 19.1 Å². The molecule has 1 fully saturated rings. The van der Waals surface area contributed by atoms with Crippen LogP contribution in [0.4, 0.5) is 19.6 Å². The Balaban J connectivity index is 1.57. The Hall–Kier alpha value is -2.99. The van der Waals surface area contributed by atoms with Crippen LogP contribution in [0.5, 0.6) is 0 Å². The standard InChI is InChI=1S/C24H27F2N5O3S/c1-2-19(32)14-3-4-16(18(26)9-14)20-10-17(23(27)33)24(35-20)30-21-5-6-28-22(29-21)12-31-7-8-34-13-15(31)11-25/h3-6,9-10,15,19,32H,2,7-8,11-13H2,1H3,(H2,27,33)(H,28,29,30). The Morgan fingerprint density at radius 2 is 2.23 bits per heavy atom. The van der Waals surface area contributed by atoms with Crippen LogP contribution in [0.25, 0.3) is 10.4 Å². The number of carbonyl (C=O) groups is 1. The highest BCUT2D eigenvalue weighted by molar-refractivity contribution is 7.19. The minimum atomic E-state index is -0.745. The first-order valence-corrected chi connectivity index (χ1v) is 12.1. The van der Waals surface area contributed by atoms with Crippen LogP contribution in [0.2, 0.25) is 0 Å². The molecule has 0 radical (unpaired) electrons. The second-order valence-corrected chi connectivity index (χ2v) is 9.27. The lowest BCUT2D eigenvalue weighted by Crippen LogP contribution is -2.46. The molecule has 2 aromatic heterocycles. The van der Waals surface area contributed by atoms with Gasteiger partial charge < -0.3 is 20.9 Å². The summed E-state index contributed by atoms with van der Waals surface area (Å²) in [5.41, 5.74) is 6.56. The Labute approximate surface area is 205 Å². The fraction of sp³-hybridized carbons (Fsp3) is 0.375. The number of benzene rings is 1. The number of aromatic nitrogens is 2. The third-order valence-corrected chi connectivity index (χ3v) is 6.93. The van der Waals surface area contributed by atoms with Gasteiger partial charge in [0, 0.05) is 23.2 Å². The predicted molar refractivity (Wildman–Crippen MR) is 130 cm³/mol. The molecular formula is C24H27F2N5O3S. The molecule has 8 nitrogen and oxygen atoms in total. The molecule has 0 aliphatic carbocycles. The summed E-state index contributed by atoms with van der Waals surface area (Å²) in [6.07, 6.45) is 1.30. The van der Waals surface area contributed by atoms with E-state index in [9.17, 15) is 18.7 Å². The van der Waals surface area contributed by atoms with Crippen molar-refractivity contribution < 1.29 is 23.4 Å². The van der Waals surface area contributed by atoms with Gasteiger partial charge >= 0.3 is 0 Å². The van der Waals surface area contributed by atoms with E-state index in [0.29, 0.717) is 65.4 Å². The normalized spacial score (nSPS) is 17.3. The lowest BCUT2D eigenvalue weighted by atomic mass is 10.0. The van der Waals surface area contributed by atoms with E-state index in [4.69, 9.17) is 10.5 Å². The number of carbonyl (C=O) groups excluding carboxylic acids is 1. The monoisotopic (exact) mass is 503 g/mol. The van der Waals surface area contributed by atoms with Crippen LogP contribution in [0, 0.1) is 5.82 Å². The van der Waals surface area contributed by atoms with Crippen LogP contribution in [-0.4, -0.2) is 58.4 Å². The fourth-order valence-corrected chi connectivity index (χ4v) is 4.95. The third-order valence-electron chi connectivity index (χ3n) is 5.85. The number of aliphatic hydroxyl groups is 1. The first-order valence-electron chi connectivity index (χ1n) is 11.3. The van der Waals surface area contributed by atoms with Gasteiger partial charge in [-0.25, -0.2) is 18.7 Å². The third kappa shape index (κ3) is 5.81. The number of halogens is 2. The predicted octanol–water partition coefficient (Wildman–Crippen LogP) is 3.80. The Morgan fingerprint density at radius 3 is 2.94 bits per heavy atom. The minimum Gasteiger partial charge on any atom is -0.388 e. The quantitative estimate of drug-likeness (QED) is 0.407. The number of aliphatic hydroxyl groups excluding tert-OH is 1. The highest BCUT2D eigenvalue weighted by Crippen LogP contribution is 2.38. The van der Waals surface area contributed by atoms with Crippen molar-refractivity contribution in [3.63, 3.8) is 0 Å². The van der Waals surface area contributed by atoms with Crippen molar-refractivity contribution in [3.8, 4) is 10.4 Å². The summed E-state index contributed by atoms with van der Waals surface area (Å²) in [5, 5.41) is 13.5. The lowest BCUT2D eigenvalue weighted by molar-refractivity contribution is -0.0207. The Morgan fingerprint density at radius 1 is 1.40 bits per heavy atom. The van der Waals surface area contributed by atoms with Crippen molar-refractivity contribution in [3.05, 3.63) is 59.3 Å². The second kappa shape index (κ2) is 11.2. The smallest absolute Gasteiger partial charge is 0.251 e. The largest absolute Gasteiger partial charge is 0.388 e. The number of ether oxygens (including phenoxy) is 1. The first-order chi connectivity index (χ1) is 16.9. The van der Waals surface area contributed by atoms with Gasteiger partial charge in [0.25, 0.3) is 5.91 Å². The molecule has 35 heavy (non-hydrogen) atoms. The number of hydrogen-bond donors (Lipinski definition) is 3. The Bertz CT molecular complexity index is 1190. The molecule has 1 aliphatic rings. The van der Waals surface area contributed by atoms with E-state index in [0.717, 1.165) is 11.3 Å². The number of anilines is 2. The van der Waals surface area contributed by atoms with Gasteiger partial charge in [-0.15, -0.1) is 11.3 Å². The zero-order valence-corrected chi connectivity index (χ0v) is 20.0. The zero-order chi connectivity index (χ0) is 24.9. The van der Waals surface area contributed by atoms with E-state index in [2.05, 4.69) is 15.3 Å². The number of rotatable bonds is 9. The minimum absolute atomic E-state index is 0.202. The zero-order valence-electron chi connectivity index (χ0n) is 19.2. The molecule has 186 valence electrons. The molecule has 0 saturated carbocycles. The van der Waals surface area contributed by atoms with Gasteiger partial charge in [0.05, 0.1) is 37.5 Å². The lowest BCUT2D eigenvalue weighted by Gasteiger charge is -2.33. The SMILES string of the molecule is CCC(O)c1ccc(-c2cc(C(N)=O)c(Nc3ccnc(CN4CCOCC4CF)n3)s2)c(F)c1. The summed E-state index contributed by atoms with van der Waals surface area (Å²) in [7, 11) is 0. The molecule has 11 heteroatoms. The van der Waals surface area contributed by atoms with Crippen LogP contribution in [-0.2, 0) is 11.3 Å². The van der Waals surface area contributed by atoms with Gasteiger partial charge in [-0.2, -0.15) is 0 Å². The van der Waals surface area contributed by atoms with E-state index in [1.807, 2.05) is 11.8 Å². The number of alkyl halides is 1. The number of primary amides is 1. The summed E-state index contributed by atoms with van der Waals surface area (Å²) in [6, 6.07) is 7.37. The maximum absolute atomic E-state index is 14.8. The van der Waals surface area contributed by atoms with Crippen molar-refractivity contribution in [2.75, 3.05) is 31.7 Å². The summed E-state index contributed by atoms with van der Waals surface area (Å²) in [4.78, 5) is 23.3. The molecule has 1 aliphatic heterocycles. The number of nitrogens with two attached hydrogens (primary N) is 1. The van der Waals surface area contributed by atoms with Crippen molar-refractivity contribution in [1.82, 2.24) is 14.9 Å². The number of nitrogens with zero attached hydrogens (tertiary/aromatic N) is 3. The van der Waals surface area contributed by atoms with E-state index in [-0.39, 0.29) is 11.6 Å². The van der Waals surface area contributed by atoms with Gasteiger partial charge in [0.15, 0.2) is 0 Å². The van der Waals surface area contributed by atoms with Crippen molar-refractivity contribution in [2.45, 2.75) is 32.0 Å². The summed E-state index contributed by atoms with van der Waals surface area (Å²) in [5.74, 6) is -0.250. The number of thiophene rings is 1. The molecule has 4 N–H and O–H groups in total. The number of hydrogen-bond acceptors (Lipinski definition) is 8. The summed E-state index contributed by atoms with van der Waals surface area (Å²) < 4.78 is 33.5. The molecule has 1 saturated heterocycles. The molecule has 3 aromatic rings. The van der Waals surface area contributed by atoms with Gasteiger partial charge in [-0.3, -0.25) is 9.69 Å². The topological polar surface area (TPSA) is 114 Å². The molecule has 2 unspecified atom stereocenters. The second-order valence-electron chi connectivity index (χ2n) is 8.22. The van der Waals surface area contributed by atoms with Crippen LogP contribution in [0.15, 0.2) is 36.5 Å². The molecule has 2 atom stereocenters. The van der Waals surface area contributed by atoms with Gasteiger partial charge in [-0.05, 0) is 30.2 Å². The van der Waals surface area contributed by atoms with Crippen LogP contribution < -0.4 is 11.1 Å². The highest BCUT2D eigenvalue weighted by atomic mass is 32.1. The van der Waals surface area contributed by atoms with Crippen molar-refractivity contribution in [2.24, 2.45) is 5.73 Å². The van der Waals surface area contributed by atoms with Gasteiger partial charge in [0.2, 0.25) is 0 Å². The van der Waals surface area contributed by atoms with E-state index < -0.39 is 24.5 Å². The average Bonchev–Trinajstić information content (AvgIpc) is 3.27. The van der Waals surface area contributed by atoms with Crippen LogP contribution in [0.1, 0.15) is 41.2 Å². The van der Waals surface area contributed by atoms with E-state index >= 15 is 0 Å². The number of nitrogens with one attached hydrogen (secondary N) is 1. The molecule has 1 aromatic carbocycles. The van der Waals surface area contributed by atoms with Crippen LogP contribution >= 0.6 is 11.3 Å². The van der Waals surface area contributed by atoms with Crippen LogP contribution in [0.3, 0.4) is 0 Å². The van der Waals surface area contributed by atoms with E-state index in [1.165, 1.54) is 12.1 Å². The molecule has 0 spiro atoms. The fourth-order valence-electron chi connectivity index (χ4n) is 3.86. The number of morpholine rings is 1. The molecule has 4 rings (SSSR count). The molecule has 1 amide bonds. The summed E-state index contributed by atoms with van der Waals surface area (Å²) >= 11 is 1.16. The average molecular weight is 504 g/mol. The highest BCUT2D eigenvalue weighted by Gasteiger charge is 2.24. The van der Waals surface area contributed by atoms with Gasteiger partial charge in [0.1, 0.15) is 29.1 Å². The maximum atomic E-state index is 14.8. The van der Waals surface area contributed by atoms with E-state index in [1.54, 1.807) is 24.4 Å². The van der Waals surface area contributed by atoms with Crippen molar-refractivity contribution >= 4 is 28.1 Å². The molecular weight excluding hydrogens is 476 g/mol. The number of amides is 1. The molecule has 3 heterocycles. The first kappa shape index (κ1) is 25.1. The molecule has 0 bridgehead atoms. The summed E-state index contributed by atoms with van der Waals surface area (Å²) in [6.45, 7) is 3.06.